The van der Waals surface area contributed by atoms with E-state index in [-0.39, 0.29) is 11.9 Å². The molecule has 2 rings (SSSR count). The highest BCUT2D eigenvalue weighted by molar-refractivity contribution is 9.10. The van der Waals surface area contributed by atoms with Gasteiger partial charge in [0.15, 0.2) is 0 Å². The Labute approximate surface area is 124 Å². The van der Waals surface area contributed by atoms with Crippen molar-refractivity contribution in [3.05, 3.63) is 34.1 Å². The van der Waals surface area contributed by atoms with E-state index >= 15 is 0 Å². The van der Waals surface area contributed by atoms with Gasteiger partial charge in [0.05, 0.1) is 0 Å². The van der Waals surface area contributed by atoms with Crippen molar-refractivity contribution >= 4 is 15.9 Å². The topological polar surface area (TPSA) is 12.0 Å². The predicted octanol–water partition coefficient (Wildman–Crippen LogP) is 5.06. The maximum absolute atomic E-state index is 13.9. The molecule has 4 atom stereocenters. The molecule has 0 aliphatic heterocycles. The zero-order valence-electron chi connectivity index (χ0n) is 11.9. The van der Waals surface area contributed by atoms with Crippen LogP contribution in [-0.2, 0) is 0 Å². The highest BCUT2D eigenvalue weighted by Gasteiger charge is 2.26. The van der Waals surface area contributed by atoms with Gasteiger partial charge in [0.2, 0.25) is 0 Å². The van der Waals surface area contributed by atoms with Gasteiger partial charge in [-0.15, -0.1) is 0 Å². The van der Waals surface area contributed by atoms with Crippen LogP contribution < -0.4 is 5.32 Å². The summed E-state index contributed by atoms with van der Waals surface area (Å²) in [6.07, 6.45) is 3.67. The molecule has 1 aliphatic rings. The summed E-state index contributed by atoms with van der Waals surface area (Å²) in [5, 5.41) is 3.59. The highest BCUT2D eigenvalue weighted by Crippen LogP contribution is 2.31. The minimum absolute atomic E-state index is 0.0584. The van der Waals surface area contributed by atoms with Crippen molar-refractivity contribution < 1.29 is 4.39 Å². The van der Waals surface area contributed by atoms with Gasteiger partial charge >= 0.3 is 0 Å². The minimum atomic E-state index is -0.125. The molecule has 0 amide bonds. The lowest BCUT2D eigenvalue weighted by atomic mass is 9.79. The van der Waals surface area contributed by atoms with Crippen LogP contribution in [0.25, 0.3) is 0 Å². The monoisotopic (exact) mass is 327 g/mol. The Morgan fingerprint density at radius 2 is 2.00 bits per heavy atom. The lowest BCUT2D eigenvalue weighted by Gasteiger charge is -2.34. The summed E-state index contributed by atoms with van der Waals surface area (Å²) >= 11 is 3.41. The first-order valence-electron chi connectivity index (χ1n) is 7.18. The van der Waals surface area contributed by atoms with E-state index in [0.717, 1.165) is 21.9 Å². The number of halogens is 2. The molecule has 0 aromatic heterocycles. The molecule has 1 saturated carbocycles. The smallest absolute Gasteiger partial charge is 0.128 e. The zero-order valence-corrected chi connectivity index (χ0v) is 13.5. The molecule has 0 saturated heterocycles. The molecule has 19 heavy (non-hydrogen) atoms. The van der Waals surface area contributed by atoms with Crippen molar-refractivity contribution in [3.63, 3.8) is 0 Å². The van der Waals surface area contributed by atoms with Crippen LogP contribution in [0.2, 0.25) is 0 Å². The maximum Gasteiger partial charge on any atom is 0.128 e. The fourth-order valence-corrected chi connectivity index (χ4v) is 3.37. The molecule has 1 fully saturated rings. The van der Waals surface area contributed by atoms with Crippen molar-refractivity contribution in [2.45, 2.75) is 52.1 Å². The van der Waals surface area contributed by atoms with Gasteiger partial charge in [0, 0.05) is 22.1 Å². The van der Waals surface area contributed by atoms with E-state index in [0.29, 0.717) is 6.04 Å². The molecule has 0 heterocycles. The molecular formula is C16H23BrFN. The van der Waals surface area contributed by atoms with Crippen LogP contribution in [0.4, 0.5) is 4.39 Å². The van der Waals surface area contributed by atoms with Crippen molar-refractivity contribution in [2.75, 3.05) is 0 Å². The third-order valence-electron chi connectivity index (χ3n) is 4.51. The Bertz CT molecular complexity index is 435. The summed E-state index contributed by atoms with van der Waals surface area (Å²) in [5.74, 6) is 1.45. The first kappa shape index (κ1) is 15.0. The molecule has 0 spiro atoms. The van der Waals surface area contributed by atoms with E-state index in [2.05, 4.69) is 35.1 Å². The van der Waals surface area contributed by atoms with Crippen molar-refractivity contribution in [3.8, 4) is 0 Å². The van der Waals surface area contributed by atoms with Crippen molar-refractivity contribution in [1.29, 1.82) is 0 Å². The maximum atomic E-state index is 13.9. The van der Waals surface area contributed by atoms with Crippen LogP contribution in [0.3, 0.4) is 0 Å². The fraction of sp³-hybridized carbons (Fsp3) is 0.625. The van der Waals surface area contributed by atoms with Crippen LogP contribution in [0.15, 0.2) is 22.7 Å². The Hall–Kier alpha value is -0.410. The van der Waals surface area contributed by atoms with Crippen LogP contribution >= 0.6 is 15.9 Å². The van der Waals surface area contributed by atoms with Crippen LogP contribution in [0.1, 0.15) is 51.6 Å². The average Bonchev–Trinajstić information content (AvgIpc) is 2.36. The summed E-state index contributed by atoms with van der Waals surface area (Å²) in [7, 11) is 0. The second-order valence-corrected chi connectivity index (χ2v) is 6.93. The molecule has 4 unspecified atom stereocenters. The number of rotatable bonds is 3. The number of nitrogens with one attached hydrogen (secondary N) is 1. The SMILES string of the molecule is CC(NC1CCC(C)C(C)C1)c1cc(Br)ccc1F. The van der Waals surface area contributed by atoms with E-state index in [1.807, 2.05) is 13.0 Å². The quantitative estimate of drug-likeness (QED) is 0.817. The summed E-state index contributed by atoms with van der Waals surface area (Å²) in [6.45, 7) is 6.70. The molecule has 3 heteroatoms. The first-order valence-corrected chi connectivity index (χ1v) is 7.97. The van der Waals surface area contributed by atoms with E-state index in [1.165, 1.54) is 25.3 Å². The number of benzene rings is 1. The standard InChI is InChI=1S/C16H23BrFN/c1-10-4-6-14(8-11(10)2)19-12(3)15-9-13(17)5-7-16(15)18/h5,7,9-12,14,19H,4,6,8H2,1-3H3. The summed E-state index contributed by atoms with van der Waals surface area (Å²) in [5.41, 5.74) is 0.751. The van der Waals surface area contributed by atoms with Crippen LogP contribution in [0, 0.1) is 17.7 Å². The second-order valence-electron chi connectivity index (χ2n) is 6.02. The largest absolute Gasteiger partial charge is 0.307 e. The number of hydrogen-bond donors (Lipinski definition) is 1. The van der Waals surface area contributed by atoms with Crippen molar-refractivity contribution in [1.82, 2.24) is 5.32 Å². The van der Waals surface area contributed by atoms with Gasteiger partial charge < -0.3 is 5.32 Å². The van der Waals surface area contributed by atoms with Crippen molar-refractivity contribution in [2.24, 2.45) is 11.8 Å². The Morgan fingerprint density at radius 3 is 2.68 bits per heavy atom. The van der Waals surface area contributed by atoms with Gasteiger partial charge in [-0.2, -0.15) is 0 Å². The normalized spacial score (nSPS) is 29.2. The molecule has 0 bridgehead atoms. The average molecular weight is 328 g/mol. The molecular weight excluding hydrogens is 305 g/mol. The van der Waals surface area contributed by atoms with Gasteiger partial charge in [-0.25, -0.2) is 4.39 Å². The lowest BCUT2D eigenvalue weighted by molar-refractivity contribution is 0.216. The molecule has 1 N–H and O–H groups in total. The molecule has 1 nitrogen and oxygen atoms in total. The van der Waals surface area contributed by atoms with Gasteiger partial charge in [-0.05, 0) is 56.2 Å². The summed E-state index contributed by atoms with van der Waals surface area (Å²) < 4.78 is 14.8. The van der Waals surface area contributed by atoms with Gasteiger partial charge in [0.1, 0.15) is 5.82 Å². The minimum Gasteiger partial charge on any atom is -0.307 e. The second kappa shape index (κ2) is 6.36. The fourth-order valence-electron chi connectivity index (χ4n) is 2.99. The Kier molecular flexibility index (Phi) is 5.02. The highest BCUT2D eigenvalue weighted by atomic mass is 79.9. The van der Waals surface area contributed by atoms with E-state index in [4.69, 9.17) is 0 Å². The first-order chi connectivity index (χ1) is 8.97. The van der Waals surface area contributed by atoms with Gasteiger partial charge in [0.25, 0.3) is 0 Å². The zero-order chi connectivity index (χ0) is 14.0. The third-order valence-corrected chi connectivity index (χ3v) is 5.00. The predicted molar refractivity (Wildman–Crippen MR) is 81.6 cm³/mol. The molecule has 1 aromatic carbocycles. The van der Waals surface area contributed by atoms with E-state index in [1.54, 1.807) is 6.07 Å². The molecule has 0 radical (unpaired) electrons. The van der Waals surface area contributed by atoms with Gasteiger partial charge in [-0.3, -0.25) is 0 Å². The van der Waals surface area contributed by atoms with Gasteiger partial charge in [-0.1, -0.05) is 29.8 Å². The summed E-state index contributed by atoms with van der Waals surface area (Å²) in [4.78, 5) is 0. The third kappa shape index (κ3) is 3.79. The number of hydrogen-bond acceptors (Lipinski definition) is 1. The lowest BCUT2D eigenvalue weighted by Crippen LogP contribution is -2.37. The molecule has 1 aliphatic carbocycles. The van der Waals surface area contributed by atoms with Crippen LogP contribution in [0.5, 0.6) is 0 Å². The van der Waals surface area contributed by atoms with Crippen LogP contribution in [-0.4, -0.2) is 6.04 Å². The van der Waals surface area contributed by atoms with E-state index < -0.39 is 0 Å². The molecule has 1 aromatic rings. The molecule has 106 valence electrons. The summed E-state index contributed by atoms with van der Waals surface area (Å²) in [6, 6.07) is 5.73. The Morgan fingerprint density at radius 1 is 1.26 bits per heavy atom. The Balaban J connectivity index is 2.01. The van der Waals surface area contributed by atoms with E-state index in [9.17, 15) is 4.39 Å².